The number of carbonyl (C=O) groups is 3. The van der Waals surface area contributed by atoms with Gasteiger partial charge in [-0.2, -0.15) is 0 Å². The second kappa shape index (κ2) is 10.8. The molecule has 0 rings (SSSR count). The number of ketones is 3. The molecule has 0 heterocycles. The van der Waals surface area contributed by atoms with Crippen LogP contribution < -0.4 is 0 Å². The Kier molecular flexibility index (Phi) is 10.1. The molecule has 0 atom stereocenters. The highest BCUT2D eigenvalue weighted by Gasteiger charge is 2.11. The summed E-state index contributed by atoms with van der Waals surface area (Å²) in [6.07, 6.45) is 0.800. The Hall–Kier alpha value is -1.11. The van der Waals surface area contributed by atoms with Crippen LogP contribution in [0.1, 0.15) is 40.0 Å². The van der Waals surface area contributed by atoms with Gasteiger partial charge in [0.2, 0.25) is 0 Å². The van der Waals surface area contributed by atoms with Crippen molar-refractivity contribution < 1.29 is 28.6 Å². The molecule has 0 aromatic heterocycles. The highest BCUT2D eigenvalue weighted by atomic mass is 16.8. The first-order valence-electron chi connectivity index (χ1n) is 6.25. The minimum Gasteiger partial charge on any atom is -0.329 e. The third-order valence-corrected chi connectivity index (χ3v) is 2.12. The molecule has 0 amide bonds. The second-order valence-corrected chi connectivity index (χ2v) is 4.26. The second-order valence-electron chi connectivity index (χ2n) is 4.26. The molecule has 0 saturated carbocycles. The number of ether oxygens (including phenoxy) is 3. The van der Waals surface area contributed by atoms with E-state index in [1.54, 1.807) is 0 Å². The molecule has 0 radical (unpaired) electrons. The Labute approximate surface area is 113 Å². The van der Waals surface area contributed by atoms with Crippen molar-refractivity contribution in [2.45, 2.75) is 46.5 Å². The summed E-state index contributed by atoms with van der Waals surface area (Å²) >= 11 is 0. The largest absolute Gasteiger partial charge is 0.329 e. The Bertz CT molecular complexity index is 252. The summed E-state index contributed by atoms with van der Waals surface area (Å²) in [5.41, 5.74) is 0. The van der Waals surface area contributed by atoms with E-state index in [4.69, 9.17) is 14.2 Å². The van der Waals surface area contributed by atoms with Gasteiger partial charge in [0.1, 0.15) is 17.3 Å². The van der Waals surface area contributed by atoms with Gasteiger partial charge in [-0.1, -0.05) is 0 Å². The highest BCUT2D eigenvalue weighted by Crippen LogP contribution is 2.02. The van der Waals surface area contributed by atoms with Crippen molar-refractivity contribution >= 4 is 17.3 Å². The molecule has 6 nitrogen and oxygen atoms in total. The van der Waals surface area contributed by atoms with Gasteiger partial charge >= 0.3 is 0 Å². The van der Waals surface area contributed by atoms with Crippen LogP contribution >= 0.6 is 0 Å². The average molecular weight is 274 g/mol. The summed E-state index contributed by atoms with van der Waals surface area (Å²) in [4.78, 5) is 32.3. The summed E-state index contributed by atoms with van der Waals surface area (Å²) in [7, 11) is 0. The maximum atomic E-state index is 10.8. The maximum Gasteiger partial charge on any atom is 0.271 e. The van der Waals surface area contributed by atoms with Crippen molar-refractivity contribution in [1.82, 2.24) is 0 Å². The monoisotopic (exact) mass is 274 g/mol. The van der Waals surface area contributed by atoms with Gasteiger partial charge in [-0.3, -0.25) is 14.4 Å². The van der Waals surface area contributed by atoms with Crippen molar-refractivity contribution in [3.8, 4) is 0 Å². The van der Waals surface area contributed by atoms with E-state index >= 15 is 0 Å². The third-order valence-electron chi connectivity index (χ3n) is 2.12. The molecule has 6 heteroatoms. The Morgan fingerprint density at radius 2 is 0.947 bits per heavy atom. The van der Waals surface area contributed by atoms with Gasteiger partial charge < -0.3 is 14.2 Å². The minimum atomic E-state index is -0.946. The molecule has 0 aliphatic heterocycles. The van der Waals surface area contributed by atoms with E-state index in [9.17, 15) is 14.4 Å². The molecule has 0 bridgehead atoms. The van der Waals surface area contributed by atoms with E-state index in [-0.39, 0.29) is 56.4 Å². The summed E-state index contributed by atoms with van der Waals surface area (Å²) in [5, 5.41) is 0. The van der Waals surface area contributed by atoms with E-state index in [2.05, 4.69) is 0 Å². The molecule has 0 N–H and O–H groups in total. The lowest BCUT2D eigenvalue weighted by Gasteiger charge is -2.18. The van der Waals surface area contributed by atoms with Gasteiger partial charge in [0.15, 0.2) is 0 Å². The first kappa shape index (κ1) is 17.9. The van der Waals surface area contributed by atoms with Crippen LogP contribution in [0.25, 0.3) is 0 Å². The van der Waals surface area contributed by atoms with Crippen LogP contribution in [0.4, 0.5) is 0 Å². The molecule has 0 saturated heterocycles. The lowest BCUT2D eigenvalue weighted by atomic mass is 10.3. The predicted molar refractivity (Wildman–Crippen MR) is 67.5 cm³/mol. The summed E-state index contributed by atoms with van der Waals surface area (Å²) in [6.45, 7) is 3.99. The lowest BCUT2D eigenvalue weighted by Crippen LogP contribution is -2.24. The number of hydrogen-bond acceptors (Lipinski definition) is 6. The quantitative estimate of drug-likeness (QED) is 0.498. The van der Waals surface area contributed by atoms with Gasteiger partial charge in [-0.25, -0.2) is 0 Å². The molecular formula is C13H22O6. The zero-order valence-corrected chi connectivity index (χ0v) is 11.8. The number of Topliss-reactive ketones (excluding diaryl/α,β-unsaturated/α-hetero) is 3. The molecule has 0 fully saturated rings. The van der Waals surface area contributed by atoms with Gasteiger partial charge in [0.25, 0.3) is 6.48 Å². The predicted octanol–water partition coefficient (Wildman–Crippen LogP) is 1.26. The van der Waals surface area contributed by atoms with E-state index in [0.717, 1.165) is 0 Å². The number of carbonyl (C=O) groups excluding carboxylic acids is 3. The van der Waals surface area contributed by atoms with E-state index in [1.807, 2.05) is 0 Å². The van der Waals surface area contributed by atoms with Crippen molar-refractivity contribution in [1.29, 1.82) is 0 Å². The SMILES string of the molecule is CC(=O)CCOC(OCCC(C)=O)OCCC(C)=O. The van der Waals surface area contributed by atoms with Gasteiger partial charge in [-0.15, -0.1) is 0 Å². The summed E-state index contributed by atoms with van der Waals surface area (Å²) in [5.74, 6) is 0.0173. The highest BCUT2D eigenvalue weighted by molar-refractivity contribution is 5.76. The fourth-order valence-electron chi connectivity index (χ4n) is 1.04. The minimum absolute atomic E-state index is 0.00576. The Balaban J connectivity index is 3.94. The first-order valence-corrected chi connectivity index (χ1v) is 6.25. The van der Waals surface area contributed by atoms with Crippen LogP contribution in [0.15, 0.2) is 0 Å². The average Bonchev–Trinajstić information content (AvgIpc) is 2.26. The normalized spacial score (nSPS) is 10.7. The Morgan fingerprint density at radius 3 is 1.16 bits per heavy atom. The number of hydrogen-bond donors (Lipinski definition) is 0. The standard InChI is InChI=1S/C13H22O6/c1-10(14)4-7-17-13(18-8-5-11(2)15)19-9-6-12(3)16/h13H,4-9H2,1-3H3. The molecule has 0 spiro atoms. The molecule has 0 aromatic carbocycles. The Morgan fingerprint density at radius 1 is 0.684 bits per heavy atom. The fraction of sp³-hybridized carbons (Fsp3) is 0.769. The van der Waals surface area contributed by atoms with E-state index in [1.165, 1.54) is 20.8 Å². The first-order chi connectivity index (χ1) is 8.91. The van der Waals surface area contributed by atoms with Gasteiger partial charge in [0, 0.05) is 19.3 Å². The third kappa shape index (κ3) is 13.1. The number of rotatable bonds is 12. The van der Waals surface area contributed by atoms with Crippen LogP contribution in [0.3, 0.4) is 0 Å². The molecule has 0 aliphatic carbocycles. The molecule has 19 heavy (non-hydrogen) atoms. The van der Waals surface area contributed by atoms with Crippen molar-refractivity contribution in [3.63, 3.8) is 0 Å². The topological polar surface area (TPSA) is 78.9 Å². The van der Waals surface area contributed by atoms with Crippen molar-refractivity contribution in [2.75, 3.05) is 19.8 Å². The molecule has 0 unspecified atom stereocenters. The molecule has 0 aliphatic rings. The molecule has 0 aromatic rings. The summed E-state index contributed by atoms with van der Waals surface area (Å²) in [6, 6.07) is 0. The van der Waals surface area contributed by atoms with E-state index < -0.39 is 6.48 Å². The fourth-order valence-corrected chi connectivity index (χ4v) is 1.04. The lowest BCUT2D eigenvalue weighted by molar-refractivity contribution is -0.286. The molecule has 110 valence electrons. The zero-order chi connectivity index (χ0) is 14.7. The van der Waals surface area contributed by atoms with Gasteiger partial charge in [-0.05, 0) is 20.8 Å². The van der Waals surface area contributed by atoms with Crippen molar-refractivity contribution in [2.24, 2.45) is 0 Å². The smallest absolute Gasteiger partial charge is 0.271 e. The van der Waals surface area contributed by atoms with Crippen LogP contribution in [0, 0.1) is 0 Å². The molecular weight excluding hydrogens is 252 g/mol. The van der Waals surface area contributed by atoms with E-state index in [0.29, 0.717) is 0 Å². The van der Waals surface area contributed by atoms with Crippen LogP contribution in [-0.4, -0.2) is 43.6 Å². The van der Waals surface area contributed by atoms with Crippen LogP contribution in [-0.2, 0) is 28.6 Å². The summed E-state index contributed by atoms with van der Waals surface area (Å²) < 4.78 is 15.7. The van der Waals surface area contributed by atoms with Gasteiger partial charge in [0.05, 0.1) is 19.8 Å². The van der Waals surface area contributed by atoms with Crippen molar-refractivity contribution in [3.05, 3.63) is 0 Å². The maximum absolute atomic E-state index is 10.8. The van der Waals surface area contributed by atoms with Crippen LogP contribution in [0.5, 0.6) is 0 Å². The zero-order valence-electron chi connectivity index (χ0n) is 11.8. The van der Waals surface area contributed by atoms with Crippen LogP contribution in [0.2, 0.25) is 0 Å².